The van der Waals surface area contributed by atoms with Gasteiger partial charge in [-0.15, -0.1) is 0 Å². The third-order valence-electron chi connectivity index (χ3n) is 3.79. The van der Waals surface area contributed by atoms with Gasteiger partial charge in [0.15, 0.2) is 0 Å². The maximum atomic E-state index is 14.2. The van der Waals surface area contributed by atoms with E-state index in [9.17, 15) is 13.2 Å². The predicted octanol–water partition coefficient (Wildman–Crippen LogP) is 4.34. The van der Waals surface area contributed by atoms with Crippen LogP contribution in [0.4, 0.5) is 13.2 Å². The van der Waals surface area contributed by atoms with Crippen LogP contribution in [0.3, 0.4) is 0 Å². The number of rotatable bonds is 1. The highest BCUT2D eigenvalue weighted by Gasteiger charge is 2.34. The van der Waals surface area contributed by atoms with Crippen LogP contribution in [0, 0.1) is 5.82 Å². The minimum atomic E-state index is -2.81. The van der Waals surface area contributed by atoms with Gasteiger partial charge in [0.2, 0.25) is 0 Å². The smallest absolute Gasteiger partial charge is 0.282 e. The topological polar surface area (TPSA) is 47.6 Å². The van der Waals surface area contributed by atoms with E-state index in [2.05, 4.69) is 20.9 Å². The molecule has 0 fully saturated rings. The number of amidine groups is 1. The van der Waals surface area contributed by atoms with E-state index in [1.165, 1.54) is 6.07 Å². The van der Waals surface area contributed by atoms with Crippen LogP contribution >= 0.6 is 15.9 Å². The average molecular weight is 379 g/mol. The van der Waals surface area contributed by atoms with E-state index < -0.39 is 23.7 Å². The van der Waals surface area contributed by atoms with Gasteiger partial charge in [-0.1, -0.05) is 15.9 Å². The molecule has 22 heavy (non-hydrogen) atoms. The zero-order chi connectivity index (χ0) is 16.4. The summed E-state index contributed by atoms with van der Waals surface area (Å²) in [6.45, 7) is 1.47. The first-order chi connectivity index (χ1) is 10.2. The van der Waals surface area contributed by atoms with Crippen LogP contribution in [0.5, 0.6) is 0 Å². The monoisotopic (exact) mass is 378 g/mol. The molecule has 1 aliphatic heterocycles. The Morgan fingerprint density at radius 1 is 1.27 bits per heavy atom. The van der Waals surface area contributed by atoms with Crippen molar-refractivity contribution in [3.8, 4) is 0 Å². The average Bonchev–Trinajstić information content (AvgIpc) is 2.40. The first kappa shape index (κ1) is 17.1. The fraction of sp³-hybridized carbons (Fsp3) is 0.533. The standard InChI is InChI=1S/C15H18BrF3N2O/c1-14(11-9-10(16)3-4-12(11)17)5-2-6-15(18,19)7-8-22-13(20)21-14/h3-4,9H,2,5-8H2,1H3,(H2,20,21)/t14-/m0/s1. The Morgan fingerprint density at radius 2 is 2.00 bits per heavy atom. The second-order valence-corrected chi connectivity index (χ2v) is 6.57. The summed E-state index contributed by atoms with van der Waals surface area (Å²) in [5.74, 6) is -3.26. The van der Waals surface area contributed by atoms with Gasteiger partial charge in [-0.25, -0.2) is 18.2 Å². The summed E-state index contributed by atoms with van der Waals surface area (Å²) in [4.78, 5) is 4.26. The van der Waals surface area contributed by atoms with Crippen molar-refractivity contribution in [1.29, 1.82) is 0 Å². The van der Waals surface area contributed by atoms with Crippen LogP contribution in [0.15, 0.2) is 27.7 Å². The Hall–Kier alpha value is -1.24. The Labute approximate surface area is 135 Å². The first-order valence-electron chi connectivity index (χ1n) is 7.03. The molecule has 0 aromatic heterocycles. The van der Waals surface area contributed by atoms with E-state index in [1.807, 2.05) is 0 Å². The van der Waals surface area contributed by atoms with Gasteiger partial charge in [0.1, 0.15) is 5.82 Å². The molecule has 3 nitrogen and oxygen atoms in total. The van der Waals surface area contributed by atoms with Crippen molar-refractivity contribution in [2.45, 2.75) is 44.1 Å². The van der Waals surface area contributed by atoms with E-state index >= 15 is 0 Å². The molecule has 122 valence electrons. The molecule has 2 N–H and O–H groups in total. The number of halogens is 4. The van der Waals surface area contributed by atoms with Crippen molar-refractivity contribution in [3.63, 3.8) is 0 Å². The lowest BCUT2D eigenvalue weighted by Crippen LogP contribution is -2.31. The summed E-state index contributed by atoms with van der Waals surface area (Å²) >= 11 is 3.29. The van der Waals surface area contributed by atoms with E-state index in [0.717, 1.165) is 0 Å². The molecule has 0 radical (unpaired) electrons. The number of benzene rings is 1. The van der Waals surface area contributed by atoms with E-state index in [-0.39, 0.29) is 31.9 Å². The Balaban J connectivity index is 2.39. The Bertz CT molecular complexity index is 580. The number of alkyl halides is 2. The zero-order valence-electron chi connectivity index (χ0n) is 12.2. The van der Waals surface area contributed by atoms with Gasteiger partial charge < -0.3 is 10.5 Å². The molecule has 0 aliphatic carbocycles. The van der Waals surface area contributed by atoms with Gasteiger partial charge in [0.05, 0.1) is 12.1 Å². The number of hydrogen-bond acceptors (Lipinski definition) is 3. The van der Waals surface area contributed by atoms with Crippen molar-refractivity contribution in [2.75, 3.05) is 6.61 Å². The molecule has 1 aromatic rings. The van der Waals surface area contributed by atoms with Crippen molar-refractivity contribution < 1.29 is 17.9 Å². The Kier molecular flexibility index (Phi) is 5.04. The molecular formula is C15H18BrF3N2O. The molecule has 0 unspecified atom stereocenters. The molecule has 0 saturated carbocycles. The summed E-state index contributed by atoms with van der Waals surface area (Å²) in [6, 6.07) is 4.28. The van der Waals surface area contributed by atoms with Crippen LogP contribution in [0.1, 0.15) is 38.2 Å². The van der Waals surface area contributed by atoms with Crippen molar-refractivity contribution in [3.05, 3.63) is 34.1 Å². The largest absolute Gasteiger partial charge is 0.465 e. The summed E-state index contributed by atoms with van der Waals surface area (Å²) in [6.07, 6.45) is -0.214. The second-order valence-electron chi connectivity index (χ2n) is 5.66. The minimum absolute atomic E-state index is 0.195. The second kappa shape index (κ2) is 6.48. The molecule has 0 saturated heterocycles. The van der Waals surface area contributed by atoms with Gasteiger partial charge in [-0.05, 0) is 38.0 Å². The minimum Gasteiger partial charge on any atom is -0.465 e. The Morgan fingerprint density at radius 3 is 2.73 bits per heavy atom. The maximum absolute atomic E-state index is 14.2. The van der Waals surface area contributed by atoms with E-state index in [0.29, 0.717) is 10.0 Å². The van der Waals surface area contributed by atoms with Gasteiger partial charge in [-0.2, -0.15) is 0 Å². The van der Waals surface area contributed by atoms with Crippen molar-refractivity contribution in [2.24, 2.45) is 10.7 Å². The summed E-state index contributed by atoms with van der Waals surface area (Å²) in [5.41, 5.74) is 4.92. The lowest BCUT2D eigenvalue weighted by molar-refractivity contribution is -0.0318. The summed E-state index contributed by atoms with van der Waals surface area (Å²) < 4.78 is 47.2. The van der Waals surface area contributed by atoms with Crippen LogP contribution in [-0.2, 0) is 10.3 Å². The molecule has 7 heteroatoms. The van der Waals surface area contributed by atoms with E-state index in [4.69, 9.17) is 10.5 Å². The molecule has 1 heterocycles. The third-order valence-corrected chi connectivity index (χ3v) is 4.28. The highest BCUT2D eigenvalue weighted by Crippen LogP contribution is 2.37. The molecule has 0 amide bonds. The SMILES string of the molecule is C[C@@]1(c2cc(Br)ccc2F)CCCC(F)(F)CCOC(N)=N1. The number of nitrogens with two attached hydrogens (primary N) is 1. The zero-order valence-corrected chi connectivity index (χ0v) is 13.8. The van der Waals surface area contributed by atoms with E-state index in [1.54, 1.807) is 19.1 Å². The first-order valence-corrected chi connectivity index (χ1v) is 7.83. The molecule has 1 atom stereocenters. The third kappa shape index (κ3) is 4.15. The quantitative estimate of drug-likeness (QED) is 0.789. The molecule has 0 spiro atoms. The van der Waals surface area contributed by atoms with Gasteiger partial charge in [-0.3, -0.25) is 0 Å². The number of nitrogens with zero attached hydrogens (tertiary/aromatic N) is 1. The van der Waals surface area contributed by atoms with Crippen LogP contribution in [-0.4, -0.2) is 18.6 Å². The van der Waals surface area contributed by atoms with Crippen molar-refractivity contribution in [1.82, 2.24) is 0 Å². The lowest BCUT2D eigenvalue weighted by Gasteiger charge is -2.29. The fourth-order valence-corrected chi connectivity index (χ4v) is 2.92. The number of hydrogen-bond donors (Lipinski definition) is 1. The fourth-order valence-electron chi connectivity index (χ4n) is 2.56. The molecule has 1 aliphatic rings. The van der Waals surface area contributed by atoms with Crippen LogP contribution < -0.4 is 5.73 Å². The van der Waals surface area contributed by atoms with Crippen LogP contribution in [0.25, 0.3) is 0 Å². The number of aliphatic imine (C=N–C) groups is 1. The predicted molar refractivity (Wildman–Crippen MR) is 82.4 cm³/mol. The van der Waals surface area contributed by atoms with Gasteiger partial charge in [0, 0.05) is 22.9 Å². The summed E-state index contributed by atoms with van der Waals surface area (Å²) in [7, 11) is 0. The van der Waals surface area contributed by atoms with Crippen LogP contribution in [0.2, 0.25) is 0 Å². The van der Waals surface area contributed by atoms with Gasteiger partial charge >= 0.3 is 0 Å². The van der Waals surface area contributed by atoms with Crippen molar-refractivity contribution >= 4 is 22.0 Å². The van der Waals surface area contributed by atoms with Gasteiger partial charge in [0.25, 0.3) is 11.9 Å². The molecular weight excluding hydrogens is 361 g/mol. The highest BCUT2D eigenvalue weighted by molar-refractivity contribution is 9.10. The molecule has 2 rings (SSSR count). The highest BCUT2D eigenvalue weighted by atomic mass is 79.9. The molecule has 0 bridgehead atoms. The maximum Gasteiger partial charge on any atom is 0.282 e. The molecule has 1 aromatic carbocycles. The number of ether oxygens (including phenoxy) is 1. The normalized spacial score (nSPS) is 26.0. The lowest BCUT2D eigenvalue weighted by atomic mass is 9.86. The summed E-state index contributed by atoms with van der Waals surface area (Å²) in [5, 5.41) is 0.